The van der Waals surface area contributed by atoms with Crippen LogP contribution >= 0.6 is 11.6 Å². The Kier molecular flexibility index (Phi) is 4.89. The summed E-state index contributed by atoms with van der Waals surface area (Å²) in [5.74, 6) is 0.317. The molecule has 0 unspecified atom stereocenters. The van der Waals surface area contributed by atoms with Crippen molar-refractivity contribution >= 4 is 43.1 Å². The van der Waals surface area contributed by atoms with Gasteiger partial charge in [-0.2, -0.15) is 4.98 Å². The van der Waals surface area contributed by atoms with Gasteiger partial charge in [-0.05, 0) is 35.8 Å². The van der Waals surface area contributed by atoms with Crippen LogP contribution in [0.5, 0.6) is 0 Å². The van der Waals surface area contributed by atoms with Crippen molar-refractivity contribution in [1.82, 2.24) is 14.5 Å². The molecule has 0 saturated carbocycles. The molecule has 2 aromatic rings. The van der Waals surface area contributed by atoms with Gasteiger partial charge in [-0.15, -0.1) is 0 Å². The highest BCUT2D eigenvalue weighted by molar-refractivity contribution is 6.74. The van der Waals surface area contributed by atoms with Crippen molar-refractivity contribution < 1.29 is 14.0 Å². The first-order chi connectivity index (χ1) is 12.0. The number of hydrogen-bond acceptors (Lipinski definition) is 6. The van der Waals surface area contributed by atoms with E-state index in [2.05, 4.69) is 43.8 Å². The molecule has 0 aromatic carbocycles. The molecule has 3 heterocycles. The van der Waals surface area contributed by atoms with Crippen LogP contribution in [0.15, 0.2) is 12.3 Å². The SMILES string of the molecule is CC(C)(C)[Si](C)(C)O[C@H]1C[C@H](n2ccc3c(N)nc(Cl)nc32)O[C@@H]1C=O. The van der Waals surface area contributed by atoms with Crippen molar-refractivity contribution in [3.8, 4) is 0 Å². The van der Waals surface area contributed by atoms with Crippen molar-refractivity contribution in [2.24, 2.45) is 0 Å². The number of carbonyl (C=O) groups excluding carboxylic acids is 1. The molecule has 0 bridgehead atoms. The topological polar surface area (TPSA) is 92.3 Å². The Balaban J connectivity index is 1.89. The lowest BCUT2D eigenvalue weighted by Gasteiger charge is -2.38. The molecule has 3 rings (SSSR count). The number of nitrogen functional groups attached to an aromatic ring is 1. The number of nitrogens with zero attached hydrogens (tertiary/aromatic N) is 3. The first-order valence-electron chi connectivity index (χ1n) is 8.61. The highest BCUT2D eigenvalue weighted by atomic mass is 35.5. The summed E-state index contributed by atoms with van der Waals surface area (Å²) >= 11 is 5.95. The minimum atomic E-state index is -2.03. The van der Waals surface area contributed by atoms with E-state index < -0.39 is 14.4 Å². The Bertz CT molecular complexity index is 833. The fraction of sp³-hybridized carbons (Fsp3) is 0.588. The van der Waals surface area contributed by atoms with E-state index in [1.165, 1.54) is 0 Å². The number of ether oxygens (including phenoxy) is 1. The lowest BCUT2D eigenvalue weighted by molar-refractivity contribution is -0.122. The number of rotatable bonds is 4. The maximum atomic E-state index is 11.6. The van der Waals surface area contributed by atoms with Crippen LogP contribution in [-0.2, 0) is 14.0 Å². The zero-order chi connectivity index (χ0) is 19.3. The Morgan fingerprint density at radius 2 is 2.12 bits per heavy atom. The highest BCUT2D eigenvalue weighted by Gasteiger charge is 2.45. The summed E-state index contributed by atoms with van der Waals surface area (Å²) in [6.45, 7) is 10.8. The number of halogens is 1. The van der Waals surface area contributed by atoms with E-state index in [9.17, 15) is 4.79 Å². The molecule has 3 atom stereocenters. The monoisotopic (exact) mass is 396 g/mol. The van der Waals surface area contributed by atoms with Crippen LogP contribution in [-0.4, -0.2) is 41.3 Å². The molecule has 26 heavy (non-hydrogen) atoms. The molecule has 1 aliphatic rings. The molecule has 0 aliphatic carbocycles. The maximum Gasteiger partial charge on any atom is 0.226 e. The first kappa shape index (κ1) is 19.3. The average molecular weight is 397 g/mol. The van der Waals surface area contributed by atoms with Crippen LogP contribution in [0.2, 0.25) is 23.4 Å². The number of aldehydes is 1. The number of anilines is 1. The molecular formula is C17H25ClN4O3Si. The van der Waals surface area contributed by atoms with E-state index in [-0.39, 0.29) is 22.7 Å². The van der Waals surface area contributed by atoms with Crippen LogP contribution in [0.3, 0.4) is 0 Å². The van der Waals surface area contributed by atoms with Gasteiger partial charge in [-0.1, -0.05) is 20.8 Å². The fourth-order valence-corrected chi connectivity index (χ4v) is 4.40. The summed E-state index contributed by atoms with van der Waals surface area (Å²) in [6, 6.07) is 1.82. The smallest absolute Gasteiger partial charge is 0.226 e. The van der Waals surface area contributed by atoms with Gasteiger partial charge < -0.3 is 24.3 Å². The van der Waals surface area contributed by atoms with Crippen LogP contribution in [0.4, 0.5) is 5.82 Å². The summed E-state index contributed by atoms with van der Waals surface area (Å²) in [5, 5.41) is 0.830. The van der Waals surface area contributed by atoms with E-state index in [0.29, 0.717) is 23.3 Å². The predicted octanol–water partition coefficient (Wildman–Crippen LogP) is 3.54. The molecule has 0 amide bonds. The van der Waals surface area contributed by atoms with Crippen molar-refractivity contribution in [2.75, 3.05) is 5.73 Å². The lowest BCUT2D eigenvalue weighted by atomic mass is 10.2. The van der Waals surface area contributed by atoms with Gasteiger partial charge in [0.2, 0.25) is 5.28 Å². The molecule has 142 valence electrons. The van der Waals surface area contributed by atoms with Crippen molar-refractivity contribution in [3.63, 3.8) is 0 Å². The molecular weight excluding hydrogens is 372 g/mol. The van der Waals surface area contributed by atoms with Gasteiger partial charge >= 0.3 is 0 Å². The zero-order valence-corrected chi connectivity index (χ0v) is 17.4. The van der Waals surface area contributed by atoms with Crippen molar-refractivity contribution in [3.05, 3.63) is 17.5 Å². The van der Waals surface area contributed by atoms with E-state index in [0.717, 1.165) is 6.29 Å². The number of carbonyl (C=O) groups is 1. The molecule has 7 nitrogen and oxygen atoms in total. The predicted molar refractivity (Wildman–Crippen MR) is 104 cm³/mol. The van der Waals surface area contributed by atoms with Gasteiger partial charge in [0.25, 0.3) is 0 Å². The maximum absolute atomic E-state index is 11.6. The van der Waals surface area contributed by atoms with Crippen LogP contribution in [0.25, 0.3) is 11.0 Å². The molecule has 1 fully saturated rings. The third-order valence-electron chi connectivity index (χ3n) is 5.39. The van der Waals surface area contributed by atoms with E-state index >= 15 is 0 Å². The van der Waals surface area contributed by atoms with Gasteiger partial charge in [-0.25, -0.2) is 4.98 Å². The second-order valence-electron chi connectivity index (χ2n) is 8.18. The summed E-state index contributed by atoms with van der Waals surface area (Å²) in [5.41, 5.74) is 6.50. The summed E-state index contributed by atoms with van der Waals surface area (Å²) in [4.78, 5) is 19.8. The zero-order valence-electron chi connectivity index (χ0n) is 15.7. The summed E-state index contributed by atoms with van der Waals surface area (Å²) in [6.07, 6.45) is 1.93. The average Bonchev–Trinajstić information content (AvgIpc) is 3.09. The van der Waals surface area contributed by atoms with E-state index in [4.69, 9.17) is 26.5 Å². The normalized spacial score (nSPS) is 24.3. The molecule has 2 aromatic heterocycles. The highest BCUT2D eigenvalue weighted by Crippen LogP contribution is 2.41. The minimum Gasteiger partial charge on any atom is -0.411 e. The Morgan fingerprint density at radius 3 is 2.73 bits per heavy atom. The van der Waals surface area contributed by atoms with Crippen LogP contribution in [0, 0.1) is 0 Å². The van der Waals surface area contributed by atoms with E-state index in [1.54, 1.807) is 0 Å². The van der Waals surface area contributed by atoms with Gasteiger partial charge in [-0.3, -0.25) is 0 Å². The Morgan fingerprint density at radius 1 is 1.42 bits per heavy atom. The van der Waals surface area contributed by atoms with Crippen LogP contribution in [0.1, 0.15) is 33.4 Å². The number of aromatic nitrogens is 3. The van der Waals surface area contributed by atoms with Gasteiger partial charge in [0.05, 0.1) is 11.5 Å². The second-order valence-corrected chi connectivity index (χ2v) is 13.3. The number of fused-ring (bicyclic) bond motifs is 1. The third-order valence-corrected chi connectivity index (χ3v) is 10.1. The molecule has 1 aliphatic heterocycles. The van der Waals surface area contributed by atoms with Gasteiger partial charge in [0.1, 0.15) is 23.8 Å². The van der Waals surface area contributed by atoms with Crippen molar-refractivity contribution in [2.45, 2.75) is 63.8 Å². The second kappa shape index (κ2) is 6.60. The molecule has 0 radical (unpaired) electrons. The number of nitrogens with two attached hydrogens (primary N) is 1. The van der Waals surface area contributed by atoms with E-state index in [1.807, 2.05) is 16.8 Å². The molecule has 2 N–H and O–H groups in total. The molecule has 1 saturated heterocycles. The van der Waals surface area contributed by atoms with Gasteiger partial charge in [0.15, 0.2) is 14.6 Å². The van der Waals surface area contributed by atoms with Gasteiger partial charge in [0, 0.05) is 12.6 Å². The summed E-state index contributed by atoms with van der Waals surface area (Å²) < 4.78 is 14.2. The third kappa shape index (κ3) is 3.38. The van der Waals surface area contributed by atoms with Crippen molar-refractivity contribution in [1.29, 1.82) is 0 Å². The molecule has 9 heteroatoms. The Labute approximate surface area is 159 Å². The fourth-order valence-electron chi connectivity index (χ4n) is 2.89. The first-order valence-corrected chi connectivity index (χ1v) is 11.9. The molecule has 0 spiro atoms. The lowest BCUT2D eigenvalue weighted by Crippen LogP contribution is -2.46. The number of hydrogen-bond donors (Lipinski definition) is 1. The quantitative estimate of drug-likeness (QED) is 0.482. The van der Waals surface area contributed by atoms with Crippen LogP contribution < -0.4 is 5.73 Å². The minimum absolute atomic E-state index is 0.0495. The Hall–Kier alpha value is -1.48. The summed E-state index contributed by atoms with van der Waals surface area (Å²) in [7, 11) is -2.03. The standard InChI is InChI=1S/C17H25ClN4O3Si/c1-17(2,3)26(4,5)25-11-8-13(24-12(11)9-23)22-7-6-10-14(19)20-16(18)21-15(10)22/h6-7,9,11-13H,8H2,1-5H3,(H2,19,20,21)/t11-,12+,13+/m0/s1. The largest absolute Gasteiger partial charge is 0.411 e.